The molecule has 0 radical (unpaired) electrons. The van der Waals surface area contributed by atoms with Gasteiger partial charge in [0, 0.05) is 23.1 Å². The summed E-state index contributed by atoms with van der Waals surface area (Å²) in [6.07, 6.45) is 0.679. The van der Waals surface area contributed by atoms with Crippen LogP contribution in [0, 0.1) is 12.7 Å². The van der Waals surface area contributed by atoms with Crippen LogP contribution in [0.2, 0.25) is 0 Å². The van der Waals surface area contributed by atoms with Crippen molar-refractivity contribution in [3.63, 3.8) is 0 Å². The minimum absolute atomic E-state index is 0.250. The molecule has 0 saturated carbocycles. The van der Waals surface area contributed by atoms with Crippen LogP contribution in [-0.4, -0.2) is 36.7 Å². The monoisotopic (exact) mass is 459 g/mol. The third-order valence-electron chi connectivity index (χ3n) is 6.38. The van der Waals surface area contributed by atoms with Crippen molar-refractivity contribution in [1.82, 2.24) is 9.88 Å². The largest absolute Gasteiger partial charge is 0.497 e. The number of hydrogen-bond acceptors (Lipinski definition) is 3. The molecule has 34 heavy (non-hydrogen) atoms. The van der Waals surface area contributed by atoms with E-state index in [4.69, 9.17) is 9.47 Å². The number of carbonyl (C=O) groups excluding carboxylic acids is 1. The summed E-state index contributed by atoms with van der Waals surface area (Å²) in [5.41, 5.74) is 5.48. The normalized spacial score (nSPS) is 15.2. The third kappa shape index (κ3) is 3.83. The highest BCUT2D eigenvalue weighted by molar-refractivity contribution is 5.93. The molecule has 6 nitrogen and oxygen atoms in total. The molecule has 1 atom stereocenters. The van der Waals surface area contributed by atoms with Gasteiger partial charge in [0.05, 0.1) is 25.9 Å². The molecular formula is C27H26FN3O3. The maximum absolute atomic E-state index is 13.7. The number of urea groups is 1. The first-order valence-electron chi connectivity index (χ1n) is 11.1. The van der Waals surface area contributed by atoms with Gasteiger partial charge in [-0.1, -0.05) is 18.2 Å². The molecule has 1 aromatic heterocycles. The predicted octanol–water partition coefficient (Wildman–Crippen LogP) is 5.81. The number of H-pyrrole nitrogens is 1. The topological polar surface area (TPSA) is 66.6 Å². The number of benzene rings is 3. The van der Waals surface area contributed by atoms with Gasteiger partial charge in [-0.25, -0.2) is 9.18 Å². The number of amides is 2. The van der Waals surface area contributed by atoms with Crippen LogP contribution in [0.5, 0.6) is 11.5 Å². The molecule has 0 saturated heterocycles. The smallest absolute Gasteiger partial charge is 0.322 e. The number of halogens is 1. The SMILES string of the molecule is COc1ccc2[nH]c3c(c2c1)CCN(C(=O)Nc1cc(C)ccc1OC)[C@H]3c1ccc(F)cc1. The molecule has 5 rings (SSSR count). The van der Waals surface area contributed by atoms with E-state index in [0.717, 1.165) is 39.0 Å². The fourth-order valence-corrected chi connectivity index (χ4v) is 4.71. The Kier molecular flexibility index (Phi) is 5.61. The summed E-state index contributed by atoms with van der Waals surface area (Å²) in [5.74, 6) is 1.05. The summed E-state index contributed by atoms with van der Waals surface area (Å²) in [6, 6.07) is 17.2. The van der Waals surface area contributed by atoms with Crippen LogP contribution >= 0.6 is 0 Å². The van der Waals surface area contributed by atoms with E-state index >= 15 is 0 Å². The van der Waals surface area contributed by atoms with Gasteiger partial charge in [-0.05, 0) is 72.5 Å². The highest BCUT2D eigenvalue weighted by Crippen LogP contribution is 2.40. The van der Waals surface area contributed by atoms with Crippen LogP contribution in [0.15, 0.2) is 60.7 Å². The van der Waals surface area contributed by atoms with E-state index in [1.807, 2.05) is 43.3 Å². The summed E-state index contributed by atoms with van der Waals surface area (Å²) in [5, 5.41) is 4.09. The Morgan fingerprint density at radius 1 is 1.06 bits per heavy atom. The molecule has 3 aromatic carbocycles. The van der Waals surface area contributed by atoms with Crippen molar-refractivity contribution in [2.75, 3.05) is 26.1 Å². The van der Waals surface area contributed by atoms with E-state index in [1.165, 1.54) is 12.1 Å². The molecule has 2 amide bonds. The van der Waals surface area contributed by atoms with Crippen molar-refractivity contribution >= 4 is 22.6 Å². The number of aryl methyl sites for hydroxylation is 1. The van der Waals surface area contributed by atoms with Crippen molar-refractivity contribution in [2.45, 2.75) is 19.4 Å². The molecule has 2 N–H and O–H groups in total. The zero-order valence-electron chi connectivity index (χ0n) is 19.3. The number of anilines is 1. The Morgan fingerprint density at radius 3 is 2.59 bits per heavy atom. The van der Waals surface area contributed by atoms with E-state index in [1.54, 1.807) is 31.3 Å². The maximum atomic E-state index is 13.7. The Balaban J connectivity index is 1.58. The second-order valence-electron chi connectivity index (χ2n) is 8.46. The lowest BCUT2D eigenvalue weighted by Gasteiger charge is -2.36. The quantitative estimate of drug-likeness (QED) is 0.405. The number of hydrogen-bond donors (Lipinski definition) is 2. The number of nitrogens with one attached hydrogen (secondary N) is 2. The molecule has 1 aliphatic heterocycles. The highest BCUT2D eigenvalue weighted by atomic mass is 19.1. The first kappa shape index (κ1) is 21.8. The first-order valence-corrected chi connectivity index (χ1v) is 11.1. The number of nitrogens with zero attached hydrogens (tertiary/aromatic N) is 1. The van der Waals surface area contributed by atoms with Gasteiger partial charge in [-0.3, -0.25) is 0 Å². The van der Waals surface area contributed by atoms with Gasteiger partial charge in [-0.2, -0.15) is 0 Å². The van der Waals surface area contributed by atoms with Crippen LogP contribution in [0.25, 0.3) is 10.9 Å². The Hall–Kier alpha value is -4.00. The van der Waals surface area contributed by atoms with Crippen LogP contribution in [0.3, 0.4) is 0 Å². The van der Waals surface area contributed by atoms with Gasteiger partial charge in [0.15, 0.2) is 0 Å². The number of carbonyl (C=O) groups is 1. The lowest BCUT2D eigenvalue weighted by molar-refractivity contribution is 0.193. The van der Waals surface area contributed by atoms with Crippen LogP contribution in [0.1, 0.15) is 28.4 Å². The lowest BCUT2D eigenvalue weighted by atomic mass is 9.92. The fraction of sp³-hybridized carbons (Fsp3) is 0.222. The predicted molar refractivity (Wildman–Crippen MR) is 130 cm³/mol. The average molecular weight is 460 g/mol. The zero-order chi connectivity index (χ0) is 23.8. The minimum atomic E-state index is -0.404. The van der Waals surface area contributed by atoms with Gasteiger partial charge in [0.25, 0.3) is 0 Å². The molecule has 174 valence electrons. The van der Waals surface area contributed by atoms with Crippen LogP contribution in [0.4, 0.5) is 14.9 Å². The molecule has 0 unspecified atom stereocenters. The minimum Gasteiger partial charge on any atom is -0.497 e. The number of rotatable bonds is 4. The highest BCUT2D eigenvalue weighted by Gasteiger charge is 2.35. The number of fused-ring (bicyclic) bond motifs is 3. The summed E-state index contributed by atoms with van der Waals surface area (Å²) < 4.78 is 24.6. The summed E-state index contributed by atoms with van der Waals surface area (Å²) >= 11 is 0. The number of aromatic amines is 1. The fourth-order valence-electron chi connectivity index (χ4n) is 4.71. The summed E-state index contributed by atoms with van der Waals surface area (Å²) in [4.78, 5) is 18.9. The van der Waals surface area contributed by atoms with Crippen LogP contribution in [-0.2, 0) is 6.42 Å². The molecule has 0 spiro atoms. The molecule has 0 bridgehead atoms. The van der Waals surface area contributed by atoms with Gasteiger partial charge in [-0.15, -0.1) is 0 Å². The molecule has 0 aliphatic carbocycles. The number of ether oxygens (including phenoxy) is 2. The molecule has 1 aliphatic rings. The van der Waals surface area contributed by atoms with Crippen molar-refractivity contribution in [3.05, 3.63) is 88.9 Å². The van der Waals surface area contributed by atoms with Gasteiger partial charge in [0.2, 0.25) is 0 Å². The molecule has 7 heteroatoms. The van der Waals surface area contributed by atoms with Gasteiger partial charge < -0.3 is 24.7 Å². The van der Waals surface area contributed by atoms with Gasteiger partial charge in [0.1, 0.15) is 17.3 Å². The van der Waals surface area contributed by atoms with Crippen LogP contribution < -0.4 is 14.8 Å². The van der Waals surface area contributed by atoms with E-state index in [-0.39, 0.29) is 11.8 Å². The molecule has 0 fully saturated rings. The zero-order valence-corrected chi connectivity index (χ0v) is 19.3. The molecule has 4 aromatic rings. The van der Waals surface area contributed by atoms with Crippen molar-refractivity contribution in [1.29, 1.82) is 0 Å². The average Bonchev–Trinajstić information content (AvgIpc) is 3.22. The second-order valence-corrected chi connectivity index (χ2v) is 8.46. The number of aromatic nitrogens is 1. The van der Waals surface area contributed by atoms with Crippen molar-refractivity contribution in [3.8, 4) is 11.5 Å². The van der Waals surface area contributed by atoms with Crippen molar-refractivity contribution < 1.29 is 18.7 Å². The Bertz CT molecular complexity index is 1360. The number of methoxy groups -OCH3 is 2. The Morgan fingerprint density at radius 2 is 1.85 bits per heavy atom. The van der Waals surface area contributed by atoms with E-state index < -0.39 is 6.04 Å². The Labute approximate surface area is 197 Å². The third-order valence-corrected chi connectivity index (χ3v) is 6.38. The van der Waals surface area contributed by atoms with E-state index in [0.29, 0.717) is 24.4 Å². The van der Waals surface area contributed by atoms with Gasteiger partial charge >= 0.3 is 6.03 Å². The van der Waals surface area contributed by atoms with E-state index in [2.05, 4.69) is 10.3 Å². The first-order chi connectivity index (χ1) is 16.5. The summed E-state index contributed by atoms with van der Waals surface area (Å²) in [6.45, 7) is 2.46. The standard InChI is InChI=1S/C27H26FN3O3/c1-16-4-11-24(34-3)23(14-16)30-27(32)31-13-12-20-21-15-19(33-2)9-10-22(21)29-25(20)26(31)17-5-7-18(28)8-6-17/h4-11,14-15,26,29H,12-13H2,1-3H3,(H,30,32)/t26-/m0/s1. The lowest BCUT2D eigenvalue weighted by Crippen LogP contribution is -2.43. The summed E-state index contributed by atoms with van der Waals surface area (Å²) in [7, 11) is 3.22. The maximum Gasteiger partial charge on any atom is 0.322 e. The van der Waals surface area contributed by atoms with Crippen molar-refractivity contribution in [2.24, 2.45) is 0 Å². The molecular weight excluding hydrogens is 433 g/mol. The molecule has 2 heterocycles. The second kappa shape index (κ2) is 8.74. The van der Waals surface area contributed by atoms with E-state index in [9.17, 15) is 9.18 Å².